The molecule has 116 valence electrons. The molecule has 0 saturated carbocycles. The van der Waals surface area contributed by atoms with Crippen LogP contribution in [-0.4, -0.2) is 28.7 Å². The van der Waals surface area contributed by atoms with Crippen molar-refractivity contribution in [2.24, 2.45) is 0 Å². The maximum absolute atomic E-state index is 12.2. The molecule has 2 aromatic rings. The van der Waals surface area contributed by atoms with Gasteiger partial charge in [0, 0.05) is 12.4 Å². The normalized spacial score (nSPS) is 11.1. The highest BCUT2D eigenvalue weighted by atomic mass is 35.5. The molecular formula is C13H9ClF3N3O2. The summed E-state index contributed by atoms with van der Waals surface area (Å²) in [6.07, 6.45) is -1.88. The summed E-state index contributed by atoms with van der Waals surface area (Å²) >= 11 is 5.80. The molecule has 0 atom stereocenters. The van der Waals surface area contributed by atoms with E-state index in [0.717, 1.165) is 0 Å². The number of pyridine rings is 2. The van der Waals surface area contributed by atoms with Crippen molar-refractivity contribution in [3.63, 3.8) is 0 Å². The minimum Gasteiger partial charge on any atom is -0.467 e. The van der Waals surface area contributed by atoms with Gasteiger partial charge in [0.2, 0.25) is 5.88 Å². The molecule has 2 heterocycles. The van der Waals surface area contributed by atoms with E-state index in [1.54, 1.807) is 6.07 Å². The van der Waals surface area contributed by atoms with E-state index in [9.17, 15) is 18.0 Å². The van der Waals surface area contributed by atoms with E-state index in [4.69, 9.17) is 11.6 Å². The van der Waals surface area contributed by atoms with Crippen LogP contribution >= 0.6 is 11.6 Å². The standard InChI is InChI=1S/C13H9ClF3N3O2/c14-10-9(4-2-5-18-10)20-11(21)8-3-1-6-19-12(8)22-7-13(15,16)17/h1-6H,7H2,(H,20,21). The lowest BCUT2D eigenvalue weighted by Crippen LogP contribution is -2.22. The molecule has 0 spiro atoms. The summed E-state index contributed by atoms with van der Waals surface area (Å²) in [5.41, 5.74) is 0.0754. The monoisotopic (exact) mass is 331 g/mol. The molecule has 0 aliphatic carbocycles. The van der Waals surface area contributed by atoms with Crippen LogP contribution in [0.5, 0.6) is 5.88 Å². The lowest BCUT2D eigenvalue weighted by Gasteiger charge is -2.12. The highest BCUT2D eigenvalue weighted by Gasteiger charge is 2.29. The number of anilines is 1. The molecule has 0 aliphatic rings. The van der Waals surface area contributed by atoms with Crippen LogP contribution in [0.15, 0.2) is 36.7 Å². The lowest BCUT2D eigenvalue weighted by atomic mass is 10.2. The van der Waals surface area contributed by atoms with Gasteiger partial charge >= 0.3 is 6.18 Å². The average Bonchev–Trinajstić information content (AvgIpc) is 2.47. The number of ether oxygens (including phenoxy) is 1. The largest absolute Gasteiger partial charge is 0.467 e. The summed E-state index contributed by atoms with van der Waals surface area (Å²) in [5, 5.41) is 2.48. The Morgan fingerprint density at radius 2 is 1.91 bits per heavy atom. The zero-order valence-electron chi connectivity index (χ0n) is 10.9. The minimum absolute atomic E-state index is 0.0532. The maximum atomic E-state index is 12.2. The van der Waals surface area contributed by atoms with Crippen LogP contribution in [-0.2, 0) is 0 Å². The topological polar surface area (TPSA) is 64.1 Å². The van der Waals surface area contributed by atoms with Gasteiger partial charge in [-0.05, 0) is 24.3 Å². The second-order valence-electron chi connectivity index (χ2n) is 4.06. The number of rotatable bonds is 4. The molecule has 9 heteroatoms. The number of hydrogen-bond donors (Lipinski definition) is 1. The van der Waals surface area contributed by atoms with E-state index in [2.05, 4.69) is 20.0 Å². The maximum Gasteiger partial charge on any atom is 0.422 e. The second kappa shape index (κ2) is 6.61. The first-order chi connectivity index (χ1) is 10.4. The quantitative estimate of drug-likeness (QED) is 0.873. The van der Waals surface area contributed by atoms with E-state index in [0.29, 0.717) is 0 Å². The first-order valence-corrected chi connectivity index (χ1v) is 6.31. The van der Waals surface area contributed by atoms with E-state index < -0.39 is 24.6 Å². The van der Waals surface area contributed by atoms with Crippen molar-refractivity contribution in [3.8, 4) is 5.88 Å². The Hall–Kier alpha value is -2.35. The van der Waals surface area contributed by atoms with Gasteiger partial charge in [-0.25, -0.2) is 9.97 Å². The number of hydrogen-bond acceptors (Lipinski definition) is 4. The van der Waals surface area contributed by atoms with Crippen LogP contribution in [0.4, 0.5) is 18.9 Å². The summed E-state index contributed by atoms with van der Waals surface area (Å²) in [4.78, 5) is 19.5. The molecule has 0 aromatic carbocycles. The van der Waals surface area contributed by atoms with Crippen molar-refractivity contribution in [3.05, 3.63) is 47.4 Å². The van der Waals surface area contributed by atoms with Crippen LogP contribution in [0.25, 0.3) is 0 Å². The van der Waals surface area contributed by atoms with E-state index >= 15 is 0 Å². The number of halogens is 4. The van der Waals surface area contributed by atoms with E-state index in [1.165, 1.54) is 30.6 Å². The number of aromatic nitrogens is 2. The number of carbonyl (C=O) groups is 1. The second-order valence-corrected chi connectivity index (χ2v) is 4.41. The van der Waals surface area contributed by atoms with Crippen molar-refractivity contribution in [1.29, 1.82) is 0 Å². The molecule has 0 radical (unpaired) electrons. The Bertz CT molecular complexity index is 680. The van der Waals surface area contributed by atoms with Crippen LogP contribution in [0.2, 0.25) is 5.15 Å². The first kappa shape index (κ1) is 16.0. The summed E-state index contributed by atoms with van der Waals surface area (Å²) in [5.74, 6) is -1.13. The van der Waals surface area contributed by atoms with Crippen molar-refractivity contribution in [2.75, 3.05) is 11.9 Å². The summed E-state index contributed by atoms with van der Waals surface area (Å²) in [6, 6.07) is 5.74. The van der Waals surface area contributed by atoms with E-state index in [1.807, 2.05) is 0 Å². The predicted octanol–water partition coefficient (Wildman–Crippen LogP) is 3.32. The minimum atomic E-state index is -4.53. The summed E-state index contributed by atoms with van der Waals surface area (Å²) in [6.45, 7) is -1.54. The average molecular weight is 332 g/mol. The van der Waals surface area contributed by atoms with Gasteiger partial charge in [-0.2, -0.15) is 13.2 Å². The van der Waals surface area contributed by atoms with Crippen molar-refractivity contribution in [1.82, 2.24) is 9.97 Å². The zero-order chi connectivity index (χ0) is 16.2. The third kappa shape index (κ3) is 4.32. The van der Waals surface area contributed by atoms with Gasteiger partial charge in [-0.1, -0.05) is 11.6 Å². The lowest BCUT2D eigenvalue weighted by molar-refractivity contribution is -0.154. The van der Waals surface area contributed by atoms with Crippen LogP contribution in [0.3, 0.4) is 0 Å². The Morgan fingerprint density at radius 1 is 1.23 bits per heavy atom. The molecule has 2 rings (SSSR count). The molecule has 0 saturated heterocycles. The zero-order valence-corrected chi connectivity index (χ0v) is 11.6. The fraction of sp³-hybridized carbons (Fsp3) is 0.154. The van der Waals surface area contributed by atoms with Gasteiger partial charge in [-0.3, -0.25) is 4.79 Å². The number of alkyl halides is 3. The van der Waals surface area contributed by atoms with Crippen LogP contribution < -0.4 is 10.1 Å². The Morgan fingerprint density at radius 3 is 2.59 bits per heavy atom. The smallest absolute Gasteiger partial charge is 0.422 e. The number of nitrogens with zero attached hydrogens (tertiary/aromatic N) is 2. The van der Waals surface area contributed by atoms with Gasteiger partial charge in [0.1, 0.15) is 5.56 Å². The molecular weight excluding hydrogens is 323 g/mol. The molecule has 0 aliphatic heterocycles. The van der Waals surface area contributed by atoms with Crippen molar-refractivity contribution < 1.29 is 22.7 Å². The third-order valence-corrected chi connectivity index (χ3v) is 2.70. The molecule has 22 heavy (non-hydrogen) atoms. The third-order valence-electron chi connectivity index (χ3n) is 2.40. The molecule has 2 aromatic heterocycles. The van der Waals surface area contributed by atoms with Gasteiger partial charge < -0.3 is 10.1 Å². The first-order valence-electron chi connectivity index (χ1n) is 5.93. The molecule has 5 nitrogen and oxygen atoms in total. The molecule has 1 N–H and O–H groups in total. The molecule has 0 unspecified atom stereocenters. The fourth-order valence-electron chi connectivity index (χ4n) is 1.50. The van der Waals surface area contributed by atoms with Gasteiger partial charge in [0.15, 0.2) is 11.8 Å². The highest BCUT2D eigenvalue weighted by molar-refractivity contribution is 6.32. The summed E-state index contributed by atoms with van der Waals surface area (Å²) in [7, 11) is 0. The van der Waals surface area contributed by atoms with Gasteiger partial charge in [-0.15, -0.1) is 0 Å². The molecule has 0 bridgehead atoms. The Labute approximate surface area is 128 Å². The fourth-order valence-corrected chi connectivity index (χ4v) is 1.66. The number of amides is 1. The molecule has 0 fully saturated rings. The predicted molar refractivity (Wildman–Crippen MR) is 73.0 cm³/mol. The van der Waals surface area contributed by atoms with Gasteiger partial charge in [0.25, 0.3) is 5.91 Å². The van der Waals surface area contributed by atoms with Crippen LogP contribution in [0.1, 0.15) is 10.4 Å². The molecule has 1 amide bonds. The van der Waals surface area contributed by atoms with Crippen LogP contribution in [0, 0.1) is 0 Å². The number of nitrogens with one attached hydrogen (secondary N) is 1. The highest BCUT2D eigenvalue weighted by Crippen LogP contribution is 2.23. The SMILES string of the molecule is O=C(Nc1cccnc1Cl)c1cccnc1OCC(F)(F)F. The van der Waals surface area contributed by atoms with Crippen molar-refractivity contribution >= 4 is 23.2 Å². The van der Waals surface area contributed by atoms with E-state index in [-0.39, 0.29) is 16.4 Å². The number of carbonyl (C=O) groups excluding carboxylic acids is 1. The summed E-state index contributed by atoms with van der Waals surface area (Å²) < 4.78 is 41.1. The van der Waals surface area contributed by atoms with Crippen molar-refractivity contribution in [2.45, 2.75) is 6.18 Å². The Balaban J connectivity index is 2.18. The Kier molecular flexibility index (Phi) is 4.81. The van der Waals surface area contributed by atoms with Gasteiger partial charge in [0.05, 0.1) is 5.69 Å².